The number of aryl methyl sites for hydroxylation is 1. The van der Waals surface area contributed by atoms with E-state index >= 15 is 0 Å². The zero-order valence-electron chi connectivity index (χ0n) is 15.7. The van der Waals surface area contributed by atoms with Crippen molar-refractivity contribution >= 4 is 23.2 Å². The van der Waals surface area contributed by atoms with E-state index in [4.69, 9.17) is 0 Å². The smallest absolute Gasteiger partial charge is 0.313 e. The van der Waals surface area contributed by atoms with Crippen molar-refractivity contribution in [3.8, 4) is 0 Å². The van der Waals surface area contributed by atoms with Crippen LogP contribution in [0.2, 0.25) is 0 Å². The molecule has 1 aromatic carbocycles. The predicted molar refractivity (Wildman–Crippen MR) is 103 cm³/mol. The Bertz CT molecular complexity index is 589. The van der Waals surface area contributed by atoms with E-state index in [0.29, 0.717) is 5.69 Å². The number of rotatable bonds is 5. The molecule has 138 valence electrons. The zero-order chi connectivity index (χ0) is 18.2. The molecule has 25 heavy (non-hydrogen) atoms. The molecule has 0 radical (unpaired) electrons. The topological polar surface area (TPSA) is 61.4 Å². The average Bonchev–Trinajstić information content (AvgIpc) is 2.86. The number of carbonyl (C=O) groups is 2. The lowest BCUT2D eigenvalue weighted by molar-refractivity contribution is -0.136. The Morgan fingerprint density at radius 1 is 1.04 bits per heavy atom. The zero-order valence-corrected chi connectivity index (χ0v) is 15.7. The van der Waals surface area contributed by atoms with Crippen molar-refractivity contribution in [2.24, 2.45) is 0 Å². The van der Waals surface area contributed by atoms with Crippen LogP contribution in [0.3, 0.4) is 0 Å². The highest BCUT2D eigenvalue weighted by molar-refractivity contribution is 6.39. The standard InChI is InChI=1S/C20H31N3O2/c1-4-23(5-2)17-12-13-18(15(3)14-17)22-20(25)19(24)21-16-10-8-6-7-9-11-16/h12-14,16H,4-11H2,1-3H3,(H,21,24)(H,22,25). The van der Waals surface area contributed by atoms with E-state index < -0.39 is 11.8 Å². The van der Waals surface area contributed by atoms with E-state index in [1.165, 1.54) is 12.8 Å². The lowest BCUT2D eigenvalue weighted by atomic mass is 10.1. The maximum absolute atomic E-state index is 12.2. The summed E-state index contributed by atoms with van der Waals surface area (Å²) in [7, 11) is 0. The maximum atomic E-state index is 12.2. The summed E-state index contributed by atoms with van der Waals surface area (Å²) in [6.45, 7) is 8.06. The largest absolute Gasteiger partial charge is 0.372 e. The van der Waals surface area contributed by atoms with Crippen LogP contribution in [0.25, 0.3) is 0 Å². The fraction of sp³-hybridized carbons (Fsp3) is 0.600. The van der Waals surface area contributed by atoms with Gasteiger partial charge in [0.25, 0.3) is 0 Å². The van der Waals surface area contributed by atoms with Crippen LogP contribution in [0, 0.1) is 6.92 Å². The lowest BCUT2D eigenvalue weighted by Crippen LogP contribution is -2.41. The number of benzene rings is 1. The van der Waals surface area contributed by atoms with Crippen molar-refractivity contribution in [2.75, 3.05) is 23.3 Å². The number of hydrogen-bond acceptors (Lipinski definition) is 3. The Labute approximate surface area is 151 Å². The van der Waals surface area contributed by atoms with Crippen LogP contribution in [0.1, 0.15) is 57.9 Å². The van der Waals surface area contributed by atoms with E-state index in [9.17, 15) is 9.59 Å². The van der Waals surface area contributed by atoms with Crippen LogP contribution >= 0.6 is 0 Å². The van der Waals surface area contributed by atoms with Crippen molar-refractivity contribution in [2.45, 2.75) is 65.3 Å². The van der Waals surface area contributed by atoms with E-state index in [-0.39, 0.29) is 6.04 Å². The first-order valence-corrected chi connectivity index (χ1v) is 9.52. The van der Waals surface area contributed by atoms with Gasteiger partial charge in [0.05, 0.1) is 0 Å². The lowest BCUT2D eigenvalue weighted by Gasteiger charge is -2.22. The van der Waals surface area contributed by atoms with E-state index in [1.54, 1.807) is 0 Å². The number of amides is 2. The maximum Gasteiger partial charge on any atom is 0.313 e. The molecule has 0 saturated heterocycles. The molecule has 1 saturated carbocycles. The molecule has 1 aliphatic rings. The molecule has 2 N–H and O–H groups in total. The summed E-state index contributed by atoms with van der Waals surface area (Å²) in [6, 6.07) is 6.04. The van der Waals surface area contributed by atoms with Crippen molar-refractivity contribution in [1.82, 2.24) is 5.32 Å². The van der Waals surface area contributed by atoms with Crippen molar-refractivity contribution in [3.05, 3.63) is 23.8 Å². The quantitative estimate of drug-likeness (QED) is 0.633. The summed E-state index contributed by atoms with van der Waals surface area (Å²) in [5, 5.41) is 5.63. The van der Waals surface area contributed by atoms with Crippen LogP contribution in [-0.2, 0) is 9.59 Å². The summed E-state index contributed by atoms with van der Waals surface area (Å²) >= 11 is 0. The molecule has 2 amide bonds. The van der Waals surface area contributed by atoms with Gasteiger partial charge in [-0.25, -0.2) is 0 Å². The normalized spacial score (nSPS) is 15.3. The van der Waals surface area contributed by atoms with Crippen LogP contribution < -0.4 is 15.5 Å². The van der Waals surface area contributed by atoms with Gasteiger partial charge in [-0.1, -0.05) is 25.7 Å². The van der Waals surface area contributed by atoms with Gasteiger partial charge in [0, 0.05) is 30.5 Å². The van der Waals surface area contributed by atoms with E-state index in [0.717, 1.165) is 50.0 Å². The first kappa shape index (κ1) is 19.3. The Kier molecular flexibility index (Phi) is 7.29. The summed E-state index contributed by atoms with van der Waals surface area (Å²) in [5.74, 6) is -1.11. The molecule has 0 spiro atoms. The Balaban J connectivity index is 1.96. The molecular formula is C20H31N3O2. The average molecular weight is 345 g/mol. The summed E-state index contributed by atoms with van der Waals surface area (Å²) in [6.07, 6.45) is 6.62. The molecule has 1 aromatic rings. The molecule has 1 fully saturated rings. The third kappa shape index (κ3) is 5.48. The van der Waals surface area contributed by atoms with Gasteiger partial charge >= 0.3 is 11.8 Å². The van der Waals surface area contributed by atoms with Gasteiger partial charge in [0.2, 0.25) is 0 Å². The highest BCUT2D eigenvalue weighted by Crippen LogP contribution is 2.23. The second-order valence-corrected chi connectivity index (χ2v) is 6.79. The van der Waals surface area contributed by atoms with Gasteiger partial charge in [0.15, 0.2) is 0 Å². The molecule has 0 unspecified atom stereocenters. The second kappa shape index (κ2) is 9.44. The minimum atomic E-state index is -0.581. The fourth-order valence-corrected chi connectivity index (χ4v) is 3.43. The van der Waals surface area contributed by atoms with Crippen molar-refractivity contribution in [3.63, 3.8) is 0 Å². The number of hydrogen-bond donors (Lipinski definition) is 2. The van der Waals surface area contributed by atoms with E-state index in [1.807, 2.05) is 25.1 Å². The highest BCUT2D eigenvalue weighted by atomic mass is 16.2. The molecule has 1 aliphatic carbocycles. The summed E-state index contributed by atoms with van der Waals surface area (Å²) in [5.41, 5.74) is 2.78. The number of carbonyl (C=O) groups excluding carboxylic acids is 2. The van der Waals surface area contributed by atoms with Crippen LogP contribution in [-0.4, -0.2) is 30.9 Å². The summed E-state index contributed by atoms with van der Waals surface area (Å²) in [4.78, 5) is 26.6. The van der Waals surface area contributed by atoms with Gasteiger partial charge in [-0.15, -0.1) is 0 Å². The number of nitrogens with zero attached hydrogens (tertiary/aromatic N) is 1. The molecule has 0 atom stereocenters. The van der Waals surface area contributed by atoms with Gasteiger partial charge in [0.1, 0.15) is 0 Å². The molecule has 2 rings (SSSR count). The number of nitrogens with one attached hydrogen (secondary N) is 2. The third-order valence-corrected chi connectivity index (χ3v) is 4.98. The number of anilines is 2. The Morgan fingerprint density at radius 3 is 2.24 bits per heavy atom. The minimum Gasteiger partial charge on any atom is -0.372 e. The second-order valence-electron chi connectivity index (χ2n) is 6.79. The third-order valence-electron chi connectivity index (χ3n) is 4.98. The molecule has 5 nitrogen and oxygen atoms in total. The van der Waals surface area contributed by atoms with E-state index in [2.05, 4.69) is 29.4 Å². The monoisotopic (exact) mass is 345 g/mol. The minimum absolute atomic E-state index is 0.131. The van der Waals surface area contributed by atoms with Gasteiger partial charge in [-0.2, -0.15) is 0 Å². The van der Waals surface area contributed by atoms with Gasteiger partial charge in [-0.05, 0) is 57.4 Å². The first-order chi connectivity index (χ1) is 12.0. The van der Waals surface area contributed by atoms with Gasteiger partial charge in [-0.3, -0.25) is 9.59 Å². The van der Waals surface area contributed by atoms with Crippen LogP contribution in [0.4, 0.5) is 11.4 Å². The van der Waals surface area contributed by atoms with Gasteiger partial charge < -0.3 is 15.5 Å². The molecular weight excluding hydrogens is 314 g/mol. The van der Waals surface area contributed by atoms with Crippen LogP contribution in [0.15, 0.2) is 18.2 Å². The Hall–Kier alpha value is -2.04. The first-order valence-electron chi connectivity index (χ1n) is 9.52. The molecule has 0 aliphatic heterocycles. The van der Waals surface area contributed by atoms with Crippen molar-refractivity contribution in [1.29, 1.82) is 0 Å². The highest BCUT2D eigenvalue weighted by Gasteiger charge is 2.20. The Morgan fingerprint density at radius 2 is 1.68 bits per heavy atom. The summed E-state index contributed by atoms with van der Waals surface area (Å²) < 4.78 is 0. The van der Waals surface area contributed by atoms with Crippen molar-refractivity contribution < 1.29 is 9.59 Å². The fourth-order valence-electron chi connectivity index (χ4n) is 3.43. The SMILES string of the molecule is CCN(CC)c1ccc(NC(=O)C(=O)NC2CCCCCC2)c(C)c1. The predicted octanol–water partition coefficient (Wildman–Crippen LogP) is 3.62. The molecule has 0 heterocycles. The molecule has 0 bridgehead atoms. The molecule has 5 heteroatoms. The molecule has 0 aromatic heterocycles. The van der Waals surface area contributed by atoms with Crippen LogP contribution in [0.5, 0.6) is 0 Å².